The molecule has 104 valence electrons. The van der Waals surface area contributed by atoms with Gasteiger partial charge < -0.3 is 15.7 Å². The van der Waals surface area contributed by atoms with E-state index in [1.807, 2.05) is 0 Å². The number of rotatable bonds is 5. The normalized spacial score (nSPS) is 25.2. The van der Waals surface area contributed by atoms with Crippen LogP contribution in [0.4, 0.5) is 4.79 Å². The van der Waals surface area contributed by atoms with E-state index < -0.39 is 12.0 Å². The summed E-state index contributed by atoms with van der Waals surface area (Å²) in [5.41, 5.74) is 0. The minimum Gasteiger partial charge on any atom is -0.480 e. The van der Waals surface area contributed by atoms with Gasteiger partial charge in [-0.1, -0.05) is 26.7 Å². The molecule has 3 atom stereocenters. The van der Waals surface area contributed by atoms with Crippen LogP contribution in [-0.4, -0.2) is 29.7 Å². The van der Waals surface area contributed by atoms with Crippen molar-refractivity contribution in [1.29, 1.82) is 0 Å². The molecule has 0 bridgehead atoms. The minimum atomic E-state index is -0.987. The fraction of sp³-hybridized carbons (Fsp3) is 0.846. The number of hydrogen-bond acceptors (Lipinski definition) is 2. The zero-order valence-corrected chi connectivity index (χ0v) is 11.2. The van der Waals surface area contributed by atoms with Crippen LogP contribution in [-0.2, 0) is 4.79 Å². The molecule has 0 heterocycles. The highest BCUT2D eigenvalue weighted by atomic mass is 16.4. The largest absolute Gasteiger partial charge is 0.480 e. The lowest BCUT2D eigenvalue weighted by Crippen LogP contribution is -2.47. The molecule has 18 heavy (non-hydrogen) atoms. The second-order valence-electron chi connectivity index (χ2n) is 5.29. The molecule has 0 radical (unpaired) electrons. The molecule has 3 unspecified atom stereocenters. The van der Waals surface area contributed by atoms with Gasteiger partial charge in [-0.25, -0.2) is 9.59 Å². The quantitative estimate of drug-likeness (QED) is 0.703. The van der Waals surface area contributed by atoms with E-state index in [1.54, 1.807) is 6.92 Å². The first-order valence-electron chi connectivity index (χ1n) is 6.80. The average molecular weight is 256 g/mol. The highest BCUT2D eigenvalue weighted by Gasteiger charge is 2.21. The van der Waals surface area contributed by atoms with Crippen LogP contribution in [0.25, 0.3) is 0 Å². The van der Waals surface area contributed by atoms with Crippen molar-refractivity contribution < 1.29 is 14.7 Å². The van der Waals surface area contributed by atoms with Gasteiger partial charge in [-0.2, -0.15) is 0 Å². The monoisotopic (exact) mass is 256 g/mol. The Morgan fingerprint density at radius 1 is 1.39 bits per heavy atom. The van der Waals surface area contributed by atoms with Crippen LogP contribution in [0, 0.1) is 11.8 Å². The van der Waals surface area contributed by atoms with Crippen molar-refractivity contribution >= 4 is 12.0 Å². The molecule has 0 aromatic rings. The molecule has 0 aromatic heterocycles. The molecule has 0 aromatic carbocycles. The van der Waals surface area contributed by atoms with Gasteiger partial charge in [0.25, 0.3) is 0 Å². The summed E-state index contributed by atoms with van der Waals surface area (Å²) in [4.78, 5) is 22.3. The Morgan fingerprint density at radius 2 is 2.11 bits per heavy atom. The van der Waals surface area contributed by atoms with E-state index in [0.717, 1.165) is 18.8 Å². The smallest absolute Gasteiger partial charge is 0.326 e. The van der Waals surface area contributed by atoms with Gasteiger partial charge in [0.05, 0.1) is 0 Å². The van der Waals surface area contributed by atoms with Crippen molar-refractivity contribution in [1.82, 2.24) is 10.6 Å². The lowest BCUT2D eigenvalue weighted by Gasteiger charge is -2.27. The Kier molecular flexibility index (Phi) is 5.95. The van der Waals surface area contributed by atoms with E-state index >= 15 is 0 Å². The van der Waals surface area contributed by atoms with Crippen molar-refractivity contribution in [2.24, 2.45) is 11.8 Å². The summed E-state index contributed by atoms with van der Waals surface area (Å²) in [7, 11) is 0. The molecule has 1 aliphatic rings. The number of hydrogen-bond donors (Lipinski definition) is 3. The Hall–Kier alpha value is -1.26. The first-order valence-corrected chi connectivity index (χ1v) is 6.80. The molecule has 0 aliphatic heterocycles. The summed E-state index contributed by atoms with van der Waals surface area (Å²) >= 11 is 0. The maximum absolute atomic E-state index is 11.6. The topological polar surface area (TPSA) is 78.4 Å². The first kappa shape index (κ1) is 14.8. The third-order valence-corrected chi connectivity index (χ3v) is 3.61. The summed E-state index contributed by atoms with van der Waals surface area (Å²) in [5.74, 6) is 0.277. The lowest BCUT2D eigenvalue weighted by atomic mass is 9.82. The number of amides is 2. The van der Waals surface area contributed by atoms with Crippen LogP contribution < -0.4 is 10.6 Å². The third-order valence-electron chi connectivity index (χ3n) is 3.61. The summed E-state index contributed by atoms with van der Waals surface area (Å²) in [6.45, 7) is 4.62. The molecular formula is C13H24N2O3. The van der Waals surface area contributed by atoms with Gasteiger partial charge >= 0.3 is 12.0 Å². The van der Waals surface area contributed by atoms with Gasteiger partial charge in [0.2, 0.25) is 0 Å². The predicted octanol–water partition coefficient (Wildman–Crippen LogP) is 1.98. The molecule has 3 N–H and O–H groups in total. The second-order valence-corrected chi connectivity index (χ2v) is 5.29. The maximum atomic E-state index is 11.6. The summed E-state index contributed by atoms with van der Waals surface area (Å²) in [6.07, 6.45) is 5.20. The number of carbonyl (C=O) groups is 2. The van der Waals surface area contributed by atoms with Crippen LogP contribution in [0.1, 0.15) is 46.0 Å². The number of carboxylic acid groups (broad SMARTS) is 1. The second kappa shape index (κ2) is 7.24. The average Bonchev–Trinajstić information content (AvgIpc) is 2.33. The molecule has 5 heteroatoms. The summed E-state index contributed by atoms with van der Waals surface area (Å²) in [6, 6.07) is -1.17. The van der Waals surface area contributed by atoms with Crippen molar-refractivity contribution in [3.8, 4) is 0 Å². The summed E-state index contributed by atoms with van der Waals surface area (Å²) < 4.78 is 0. The number of aliphatic carboxylic acids is 1. The molecule has 1 rings (SSSR count). The molecular weight excluding hydrogens is 232 g/mol. The highest BCUT2D eigenvalue weighted by Crippen LogP contribution is 2.27. The molecule has 0 saturated heterocycles. The van der Waals surface area contributed by atoms with Gasteiger partial charge in [0.1, 0.15) is 6.04 Å². The van der Waals surface area contributed by atoms with Crippen molar-refractivity contribution in [3.05, 3.63) is 0 Å². The van der Waals surface area contributed by atoms with E-state index in [2.05, 4.69) is 17.6 Å². The standard InChI is InChI=1S/C13H24N2O3/c1-3-11(12(16)17)15-13(18)14-8-10-6-4-5-9(2)7-10/h9-11H,3-8H2,1-2H3,(H,16,17)(H2,14,15,18). The van der Waals surface area contributed by atoms with Crippen LogP contribution in [0.15, 0.2) is 0 Å². The summed E-state index contributed by atoms with van der Waals surface area (Å²) in [5, 5.41) is 14.1. The fourth-order valence-corrected chi connectivity index (χ4v) is 2.53. The Labute approximate surface area is 108 Å². The number of nitrogens with one attached hydrogen (secondary N) is 2. The Bertz CT molecular complexity index is 294. The Morgan fingerprint density at radius 3 is 2.67 bits per heavy atom. The predicted molar refractivity (Wildman–Crippen MR) is 69.4 cm³/mol. The van der Waals surface area contributed by atoms with Crippen LogP contribution in [0.3, 0.4) is 0 Å². The van der Waals surface area contributed by atoms with Crippen molar-refractivity contribution in [3.63, 3.8) is 0 Å². The molecule has 2 amide bonds. The highest BCUT2D eigenvalue weighted by molar-refractivity contribution is 5.82. The lowest BCUT2D eigenvalue weighted by molar-refractivity contribution is -0.139. The molecule has 1 fully saturated rings. The number of urea groups is 1. The minimum absolute atomic E-state index is 0.373. The molecule has 0 spiro atoms. The number of carbonyl (C=O) groups excluding carboxylic acids is 1. The van der Waals surface area contributed by atoms with E-state index in [4.69, 9.17) is 5.11 Å². The van der Waals surface area contributed by atoms with Gasteiger partial charge in [-0.3, -0.25) is 0 Å². The van der Waals surface area contributed by atoms with Crippen LogP contribution >= 0.6 is 0 Å². The van der Waals surface area contributed by atoms with Crippen LogP contribution in [0.5, 0.6) is 0 Å². The van der Waals surface area contributed by atoms with E-state index in [1.165, 1.54) is 12.8 Å². The fourth-order valence-electron chi connectivity index (χ4n) is 2.53. The van der Waals surface area contributed by atoms with Crippen LogP contribution in [0.2, 0.25) is 0 Å². The van der Waals surface area contributed by atoms with E-state index in [9.17, 15) is 9.59 Å². The van der Waals surface area contributed by atoms with E-state index in [-0.39, 0.29) is 6.03 Å². The molecule has 1 saturated carbocycles. The first-order chi connectivity index (χ1) is 8.52. The molecule has 1 aliphatic carbocycles. The molecule has 5 nitrogen and oxygen atoms in total. The Balaban J connectivity index is 2.25. The number of carboxylic acids is 1. The SMILES string of the molecule is CCC(NC(=O)NCC1CCCC(C)C1)C(=O)O. The third kappa shape index (κ3) is 4.94. The zero-order valence-electron chi connectivity index (χ0n) is 11.2. The zero-order chi connectivity index (χ0) is 13.5. The van der Waals surface area contributed by atoms with Crippen molar-refractivity contribution in [2.45, 2.75) is 52.0 Å². The van der Waals surface area contributed by atoms with Gasteiger partial charge in [0, 0.05) is 6.54 Å². The van der Waals surface area contributed by atoms with Gasteiger partial charge in [-0.05, 0) is 31.1 Å². The van der Waals surface area contributed by atoms with Gasteiger partial charge in [0.15, 0.2) is 0 Å². The van der Waals surface area contributed by atoms with E-state index in [0.29, 0.717) is 18.9 Å². The van der Waals surface area contributed by atoms with Gasteiger partial charge in [-0.15, -0.1) is 0 Å². The maximum Gasteiger partial charge on any atom is 0.326 e. The van der Waals surface area contributed by atoms with Crippen molar-refractivity contribution in [2.75, 3.05) is 6.54 Å².